The van der Waals surface area contributed by atoms with Crippen LogP contribution >= 0.6 is 11.8 Å². The summed E-state index contributed by atoms with van der Waals surface area (Å²) >= 11 is 1.59. The molecule has 134 valence electrons. The van der Waals surface area contributed by atoms with Gasteiger partial charge in [-0.05, 0) is 12.5 Å². The van der Waals surface area contributed by atoms with E-state index in [1.807, 2.05) is 0 Å². The molecule has 0 radical (unpaired) electrons. The van der Waals surface area contributed by atoms with Crippen LogP contribution in [0.5, 0.6) is 0 Å². The number of amides is 1. The molecule has 1 fully saturated rings. The van der Waals surface area contributed by atoms with Crippen LogP contribution in [-0.2, 0) is 20.8 Å². The lowest BCUT2D eigenvalue weighted by atomic mass is 10.2. The number of thioether (sulfide) groups is 1. The zero-order chi connectivity index (χ0) is 17.7. The van der Waals surface area contributed by atoms with Gasteiger partial charge in [-0.3, -0.25) is 4.79 Å². The van der Waals surface area contributed by atoms with Gasteiger partial charge in [-0.15, -0.1) is 11.8 Å². The van der Waals surface area contributed by atoms with E-state index in [0.717, 1.165) is 5.75 Å². The summed E-state index contributed by atoms with van der Waals surface area (Å²) in [6.07, 6.45) is 0. The van der Waals surface area contributed by atoms with Gasteiger partial charge in [0.25, 0.3) is 10.2 Å². The van der Waals surface area contributed by atoms with Crippen molar-refractivity contribution in [2.45, 2.75) is 12.7 Å². The fraction of sp³-hybridized carbons (Fsp3) is 0.562. The normalized spacial score (nSPS) is 16.6. The van der Waals surface area contributed by atoms with E-state index in [0.29, 0.717) is 31.9 Å². The first kappa shape index (κ1) is 19.2. The Morgan fingerprint density at radius 2 is 1.71 bits per heavy atom. The summed E-state index contributed by atoms with van der Waals surface area (Å²) in [5.74, 6) is 1.31. The molecular weight excluding hydrogens is 346 g/mol. The Morgan fingerprint density at radius 3 is 2.25 bits per heavy atom. The van der Waals surface area contributed by atoms with Gasteiger partial charge in [-0.1, -0.05) is 29.8 Å². The van der Waals surface area contributed by atoms with E-state index in [-0.39, 0.29) is 5.91 Å². The Bertz CT molecular complexity index is 652. The van der Waals surface area contributed by atoms with Crippen molar-refractivity contribution in [1.29, 1.82) is 0 Å². The number of hydrogen-bond acceptors (Lipinski definition) is 4. The van der Waals surface area contributed by atoms with Crippen LogP contribution in [0.15, 0.2) is 24.3 Å². The van der Waals surface area contributed by atoms with E-state index >= 15 is 0 Å². The molecule has 1 aromatic carbocycles. The van der Waals surface area contributed by atoms with Gasteiger partial charge in [-0.25, -0.2) is 0 Å². The number of carbonyl (C=O) groups is 1. The highest BCUT2D eigenvalue weighted by Gasteiger charge is 2.29. The molecule has 0 saturated carbocycles. The first-order valence-electron chi connectivity index (χ1n) is 7.89. The number of carbonyl (C=O) groups excluding carboxylic acids is 1. The fourth-order valence-corrected chi connectivity index (χ4v) is 4.40. The molecule has 1 heterocycles. The maximum atomic E-state index is 12.3. The average Bonchev–Trinajstić information content (AvgIpc) is 2.56. The van der Waals surface area contributed by atoms with Crippen LogP contribution in [0.3, 0.4) is 0 Å². The van der Waals surface area contributed by atoms with Gasteiger partial charge in [-0.2, -0.15) is 17.0 Å². The molecule has 0 aromatic heterocycles. The van der Waals surface area contributed by atoms with Crippen molar-refractivity contribution in [1.82, 2.24) is 13.5 Å². The number of rotatable bonds is 6. The third-order valence-corrected chi connectivity index (χ3v) is 6.92. The maximum absolute atomic E-state index is 12.3. The Kier molecular flexibility index (Phi) is 6.68. The molecule has 0 bridgehead atoms. The monoisotopic (exact) mass is 371 g/mol. The number of aryl methyl sites for hydroxylation is 1. The molecule has 2 rings (SSSR count). The highest BCUT2D eigenvalue weighted by Crippen LogP contribution is 2.15. The minimum atomic E-state index is -3.38. The zero-order valence-corrected chi connectivity index (χ0v) is 16.1. The number of piperazine rings is 1. The molecule has 0 unspecified atom stereocenters. The molecule has 1 aromatic rings. The lowest BCUT2D eigenvalue weighted by molar-refractivity contribution is -0.129. The lowest BCUT2D eigenvalue weighted by Crippen LogP contribution is -2.53. The minimum Gasteiger partial charge on any atom is -0.339 e. The third-order valence-electron chi connectivity index (χ3n) is 3.99. The summed E-state index contributed by atoms with van der Waals surface area (Å²) < 4.78 is 26.8. The van der Waals surface area contributed by atoms with E-state index in [1.165, 1.54) is 33.8 Å². The Balaban J connectivity index is 1.76. The first-order chi connectivity index (χ1) is 11.3. The highest BCUT2D eigenvalue weighted by atomic mass is 32.2. The Labute approximate surface area is 149 Å². The van der Waals surface area contributed by atoms with Crippen molar-refractivity contribution < 1.29 is 13.2 Å². The summed E-state index contributed by atoms with van der Waals surface area (Å²) in [6, 6.07) is 8.31. The van der Waals surface area contributed by atoms with Gasteiger partial charge in [0.2, 0.25) is 5.91 Å². The van der Waals surface area contributed by atoms with Crippen LogP contribution in [0.25, 0.3) is 0 Å². The summed E-state index contributed by atoms with van der Waals surface area (Å²) in [7, 11) is -0.337. The first-order valence-corrected chi connectivity index (χ1v) is 10.4. The van der Waals surface area contributed by atoms with Crippen molar-refractivity contribution in [2.24, 2.45) is 0 Å². The van der Waals surface area contributed by atoms with Crippen LogP contribution in [0.2, 0.25) is 0 Å². The predicted molar refractivity (Wildman–Crippen MR) is 98.1 cm³/mol. The van der Waals surface area contributed by atoms with E-state index < -0.39 is 10.2 Å². The molecule has 0 N–H and O–H groups in total. The van der Waals surface area contributed by atoms with Crippen molar-refractivity contribution in [2.75, 3.05) is 46.0 Å². The smallest absolute Gasteiger partial charge is 0.281 e. The lowest BCUT2D eigenvalue weighted by Gasteiger charge is -2.35. The molecule has 1 aliphatic rings. The fourth-order valence-electron chi connectivity index (χ4n) is 2.43. The van der Waals surface area contributed by atoms with Crippen LogP contribution in [-0.4, -0.2) is 73.9 Å². The summed E-state index contributed by atoms with van der Waals surface area (Å²) in [5, 5.41) is 0. The molecule has 1 aliphatic heterocycles. The largest absolute Gasteiger partial charge is 0.339 e. The molecular formula is C16H25N3O3S2. The van der Waals surface area contributed by atoms with Gasteiger partial charge in [0.15, 0.2) is 0 Å². The van der Waals surface area contributed by atoms with Gasteiger partial charge >= 0.3 is 0 Å². The molecule has 0 atom stereocenters. The summed E-state index contributed by atoms with van der Waals surface area (Å²) in [6.45, 7) is 3.67. The molecule has 24 heavy (non-hydrogen) atoms. The molecule has 0 aliphatic carbocycles. The summed E-state index contributed by atoms with van der Waals surface area (Å²) in [5.41, 5.74) is 2.44. The third kappa shape index (κ3) is 4.95. The maximum Gasteiger partial charge on any atom is 0.281 e. The minimum absolute atomic E-state index is 0.0778. The van der Waals surface area contributed by atoms with Gasteiger partial charge in [0.1, 0.15) is 0 Å². The molecule has 8 heteroatoms. The van der Waals surface area contributed by atoms with Gasteiger partial charge in [0, 0.05) is 46.0 Å². The second-order valence-corrected chi connectivity index (χ2v) is 9.18. The van der Waals surface area contributed by atoms with E-state index in [1.54, 1.807) is 16.7 Å². The number of benzene rings is 1. The van der Waals surface area contributed by atoms with Crippen LogP contribution in [0, 0.1) is 6.92 Å². The highest BCUT2D eigenvalue weighted by molar-refractivity contribution is 7.99. The van der Waals surface area contributed by atoms with E-state index in [4.69, 9.17) is 0 Å². The Hall–Kier alpha value is -1.09. The standard InChI is InChI=1S/C16H25N3O3S2/c1-14-4-6-15(7-5-14)12-23-13-16(20)18-8-10-19(11-9-18)24(21,22)17(2)3/h4-7H,8-13H2,1-3H3. The van der Waals surface area contributed by atoms with Gasteiger partial charge in [0.05, 0.1) is 5.75 Å². The molecule has 1 amide bonds. The van der Waals surface area contributed by atoms with E-state index in [2.05, 4.69) is 31.2 Å². The SMILES string of the molecule is Cc1ccc(CSCC(=O)N2CCN(S(=O)(=O)N(C)C)CC2)cc1. The van der Waals surface area contributed by atoms with Crippen LogP contribution in [0.1, 0.15) is 11.1 Å². The average molecular weight is 372 g/mol. The topological polar surface area (TPSA) is 60.9 Å². The molecule has 1 saturated heterocycles. The summed E-state index contributed by atoms with van der Waals surface area (Å²) in [4.78, 5) is 14.0. The zero-order valence-electron chi connectivity index (χ0n) is 14.4. The predicted octanol–water partition coefficient (Wildman–Crippen LogP) is 1.18. The van der Waals surface area contributed by atoms with Crippen molar-refractivity contribution in [3.63, 3.8) is 0 Å². The second-order valence-electron chi connectivity index (χ2n) is 6.05. The quantitative estimate of drug-likeness (QED) is 0.753. The molecule has 0 spiro atoms. The number of nitrogens with zero attached hydrogens (tertiary/aromatic N) is 3. The van der Waals surface area contributed by atoms with Crippen molar-refractivity contribution in [3.8, 4) is 0 Å². The van der Waals surface area contributed by atoms with Gasteiger partial charge < -0.3 is 4.90 Å². The van der Waals surface area contributed by atoms with Crippen LogP contribution in [0.4, 0.5) is 0 Å². The number of hydrogen-bond donors (Lipinski definition) is 0. The molecule has 6 nitrogen and oxygen atoms in total. The van der Waals surface area contributed by atoms with Crippen LogP contribution < -0.4 is 0 Å². The van der Waals surface area contributed by atoms with E-state index in [9.17, 15) is 13.2 Å². The second kappa shape index (κ2) is 8.33. The Morgan fingerprint density at radius 1 is 1.12 bits per heavy atom. The van der Waals surface area contributed by atoms with Crippen molar-refractivity contribution >= 4 is 27.9 Å². The van der Waals surface area contributed by atoms with Crippen molar-refractivity contribution in [3.05, 3.63) is 35.4 Å².